The lowest BCUT2D eigenvalue weighted by Crippen LogP contribution is -2.57. The summed E-state index contributed by atoms with van der Waals surface area (Å²) in [6.45, 7) is 0.852. The molecule has 0 spiro atoms. The molecule has 0 heterocycles. The summed E-state index contributed by atoms with van der Waals surface area (Å²) >= 11 is 5.51. The van der Waals surface area contributed by atoms with Crippen molar-refractivity contribution in [2.45, 2.75) is 69.1 Å². The van der Waals surface area contributed by atoms with Gasteiger partial charge in [0.25, 0.3) is 0 Å². The third-order valence-electron chi connectivity index (χ3n) is 4.92. The molecule has 4 unspecified atom stereocenters. The maximum Gasteiger partial charge on any atom is 0.326 e. The summed E-state index contributed by atoms with van der Waals surface area (Å²) in [4.78, 5) is 49.6. The van der Waals surface area contributed by atoms with Crippen molar-refractivity contribution in [1.82, 2.24) is 16.0 Å². The molecule has 0 aromatic heterocycles. The maximum atomic E-state index is 12.9. The number of unbranched alkanes of at least 4 members (excludes halogenated alkanes) is 2. The van der Waals surface area contributed by atoms with E-state index in [4.69, 9.17) is 17.2 Å². The fraction of sp³-hybridized carbons (Fsp3) is 0.800. The lowest BCUT2D eigenvalue weighted by Gasteiger charge is -2.25. The largest absolute Gasteiger partial charge is 0.480 e. The minimum absolute atomic E-state index is 0.119. The first kappa shape index (κ1) is 31.5. The fourth-order valence-corrected chi connectivity index (χ4v) is 3.56. The van der Waals surface area contributed by atoms with Crippen LogP contribution in [-0.2, 0) is 19.2 Å². The van der Waals surface area contributed by atoms with Gasteiger partial charge in [-0.05, 0) is 70.0 Å². The van der Waals surface area contributed by atoms with Crippen molar-refractivity contribution in [1.29, 1.82) is 0 Å². The third kappa shape index (κ3) is 13.7. The second-order valence-electron chi connectivity index (χ2n) is 7.66. The molecule has 192 valence electrons. The van der Waals surface area contributed by atoms with Crippen molar-refractivity contribution in [2.24, 2.45) is 17.2 Å². The summed E-state index contributed by atoms with van der Waals surface area (Å²) in [6, 6.07) is -3.81. The van der Waals surface area contributed by atoms with E-state index in [1.54, 1.807) is 0 Å². The lowest BCUT2D eigenvalue weighted by atomic mass is 10.1. The Morgan fingerprint density at radius 1 is 0.818 bits per heavy atom. The number of nitrogens with one attached hydrogen (secondary N) is 3. The Morgan fingerprint density at radius 2 is 1.27 bits per heavy atom. The highest BCUT2D eigenvalue weighted by atomic mass is 32.2. The zero-order valence-electron chi connectivity index (χ0n) is 19.3. The molecule has 3 amide bonds. The van der Waals surface area contributed by atoms with Gasteiger partial charge in [0.2, 0.25) is 17.7 Å². The number of thiol groups is 1. The van der Waals surface area contributed by atoms with E-state index in [2.05, 4.69) is 28.6 Å². The molecule has 33 heavy (non-hydrogen) atoms. The summed E-state index contributed by atoms with van der Waals surface area (Å²) in [7, 11) is 0. The van der Waals surface area contributed by atoms with Crippen LogP contribution in [0.3, 0.4) is 0 Å². The SMILES string of the molecule is CSCCC(NC(=O)C(N)CS)C(=O)NC(CCCCN)C(=O)NC(CCCCN)C(=O)O. The van der Waals surface area contributed by atoms with E-state index in [0.29, 0.717) is 50.9 Å². The molecule has 0 aliphatic heterocycles. The lowest BCUT2D eigenvalue weighted by molar-refractivity contribution is -0.142. The number of carboxylic acids is 1. The minimum Gasteiger partial charge on any atom is -0.480 e. The Bertz CT molecular complexity index is 613. The predicted molar refractivity (Wildman–Crippen MR) is 134 cm³/mol. The van der Waals surface area contributed by atoms with Crippen LogP contribution < -0.4 is 33.2 Å². The Hall–Kier alpha value is -1.54. The molecule has 0 saturated carbocycles. The molecule has 10 N–H and O–H groups in total. The molecule has 0 saturated heterocycles. The van der Waals surface area contributed by atoms with E-state index in [9.17, 15) is 24.3 Å². The van der Waals surface area contributed by atoms with Gasteiger partial charge in [0.15, 0.2) is 0 Å². The van der Waals surface area contributed by atoms with E-state index in [-0.39, 0.29) is 18.6 Å². The van der Waals surface area contributed by atoms with E-state index in [0.717, 1.165) is 0 Å². The van der Waals surface area contributed by atoms with Crippen LogP contribution in [0.4, 0.5) is 0 Å². The topological polar surface area (TPSA) is 203 Å². The number of carbonyl (C=O) groups excluding carboxylic acids is 3. The van der Waals surface area contributed by atoms with Crippen LogP contribution in [0.15, 0.2) is 0 Å². The Labute approximate surface area is 205 Å². The molecule has 0 fully saturated rings. The Balaban J connectivity index is 5.37. The van der Waals surface area contributed by atoms with Gasteiger partial charge in [-0.3, -0.25) is 14.4 Å². The average molecular weight is 509 g/mol. The van der Waals surface area contributed by atoms with Crippen LogP contribution in [0.5, 0.6) is 0 Å². The number of hydrogen-bond donors (Lipinski definition) is 8. The molecule has 0 bridgehead atoms. The molecule has 0 aliphatic carbocycles. The summed E-state index contributed by atoms with van der Waals surface area (Å²) in [5.41, 5.74) is 16.7. The van der Waals surface area contributed by atoms with Gasteiger partial charge in [0, 0.05) is 5.75 Å². The van der Waals surface area contributed by atoms with Crippen LogP contribution in [0, 0.1) is 0 Å². The number of thioether (sulfide) groups is 1. The first-order chi connectivity index (χ1) is 15.7. The highest BCUT2D eigenvalue weighted by Crippen LogP contribution is 2.07. The van der Waals surface area contributed by atoms with Gasteiger partial charge in [-0.25, -0.2) is 4.79 Å². The standard InChI is InChI=1S/C20H40N6O5S2/c1-33-11-8-15(24-17(27)13(23)12-32)19(29)25-14(6-2-4-9-21)18(28)26-16(20(30)31)7-3-5-10-22/h13-16,32H,2-12,21-23H2,1H3,(H,24,27)(H,25,29)(H,26,28)(H,30,31). The number of hydrogen-bond acceptors (Lipinski definition) is 9. The van der Waals surface area contributed by atoms with Gasteiger partial charge < -0.3 is 38.3 Å². The molecular weight excluding hydrogens is 468 g/mol. The second-order valence-corrected chi connectivity index (χ2v) is 9.01. The number of carbonyl (C=O) groups is 4. The minimum atomic E-state index is -1.15. The zero-order chi connectivity index (χ0) is 25.2. The Morgan fingerprint density at radius 3 is 1.73 bits per heavy atom. The van der Waals surface area contributed by atoms with E-state index >= 15 is 0 Å². The average Bonchev–Trinajstić information content (AvgIpc) is 2.79. The van der Waals surface area contributed by atoms with Crippen LogP contribution in [0.1, 0.15) is 44.9 Å². The smallest absolute Gasteiger partial charge is 0.326 e. The van der Waals surface area contributed by atoms with Gasteiger partial charge in [-0.2, -0.15) is 24.4 Å². The normalized spacial score (nSPS) is 14.6. The van der Waals surface area contributed by atoms with Gasteiger partial charge in [0.1, 0.15) is 18.1 Å². The molecular formula is C20H40N6O5S2. The highest BCUT2D eigenvalue weighted by molar-refractivity contribution is 7.98. The first-order valence-electron chi connectivity index (χ1n) is 11.1. The Kier molecular flexibility index (Phi) is 18.0. The fourth-order valence-electron chi connectivity index (χ4n) is 2.92. The predicted octanol–water partition coefficient (Wildman–Crippen LogP) is -1.21. The van der Waals surface area contributed by atoms with Crippen LogP contribution in [-0.4, -0.2) is 83.8 Å². The van der Waals surface area contributed by atoms with E-state index < -0.39 is 47.9 Å². The maximum absolute atomic E-state index is 12.9. The molecule has 0 aliphatic rings. The van der Waals surface area contributed by atoms with Gasteiger partial charge >= 0.3 is 5.97 Å². The summed E-state index contributed by atoms with van der Waals surface area (Å²) in [5, 5.41) is 17.2. The molecule has 4 atom stereocenters. The number of amides is 3. The number of rotatable bonds is 19. The molecule has 0 aromatic rings. The monoisotopic (exact) mass is 508 g/mol. The summed E-state index contributed by atoms with van der Waals surface area (Å²) in [6.07, 6.45) is 5.11. The number of aliphatic carboxylic acids is 1. The first-order valence-corrected chi connectivity index (χ1v) is 13.1. The second kappa shape index (κ2) is 18.8. The zero-order valence-corrected chi connectivity index (χ0v) is 21.0. The quantitative estimate of drug-likeness (QED) is 0.0778. The van der Waals surface area contributed by atoms with Crippen molar-refractivity contribution < 1.29 is 24.3 Å². The van der Waals surface area contributed by atoms with Gasteiger partial charge in [-0.15, -0.1) is 0 Å². The van der Waals surface area contributed by atoms with Crippen molar-refractivity contribution in [3.63, 3.8) is 0 Å². The summed E-state index contributed by atoms with van der Waals surface area (Å²) < 4.78 is 0. The van der Waals surface area contributed by atoms with Crippen LogP contribution in [0.2, 0.25) is 0 Å². The molecule has 11 nitrogen and oxygen atoms in total. The number of carboxylic acid groups (broad SMARTS) is 1. The van der Waals surface area contributed by atoms with Crippen molar-refractivity contribution >= 4 is 48.1 Å². The highest BCUT2D eigenvalue weighted by Gasteiger charge is 2.29. The van der Waals surface area contributed by atoms with Crippen LogP contribution in [0.25, 0.3) is 0 Å². The molecule has 0 rings (SSSR count). The molecule has 0 aromatic carbocycles. The molecule has 13 heteroatoms. The van der Waals surface area contributed by atoms with E-state index in [1.807, 2.05) is 6.26 Å². The van der Waals surface area contributed by atoms with Crippen molar-refractivity contribution in [3.8, 4) is 0 Å². The van der Waals surface area contributed by atoms with Gasteiger partial charge in [-0.1, -0.05) is 0 Å². The van der Waals surface area contributed by atoms with Crippen molar-refractivity contribution in [2.75, 3.05) is 30.9 Å². The molecule has 0 radical (unpaired) electrons. The third-order valence-corrected chi connectivity index (χ3v) is 5.96. The van der Waals surface area contributed by atoms with Crippen LogP contribution >= 0.6 is 24.4 Å². The summed E-state index contributed by atoms with van der Waals surface area (Å²) in [5.74, 6) is -2.08. The van der Waals surface area contributed by atoms with E-state index in [1.165, 1.54) is 11.8 Å². The number of nitrogens with two attached hydrogens (primary N) is 3. The van der Waals surface area contributed by atoms with Gasteiger partial charge in [0.05, 0.1) is 6.04 Å². The van der Waals surface area contributed by atoms with Crippen molar-refractivity contribution in [3.05, 3.63) is 0 Å².